The van der Waals surface area contributed by atoms with E-state index < -0.39 is 0 Å². The Morgan fingerprint density at radius 2 is 0.623 bits per heavy atom. The van der Waals surface area contributed by atoms with Crippen molar-refractivity contribution in [3.8, 4) is 33.9 Å². The molecule has 11 aromatic carbocycles. The first-order valence-electron chi connectivity index (χ1n) is 25.7. The third kappa shape index (κ3) is 7.28. The van der Waals surface area contributed by atoms with E-state index >= 15 is 0 Å². The van der Waals surface area contributed by atoms with Gasteiger partial charge in [-0.05, 0) is 84.9 Å². The van der Waals surface area contributed by atoms with E-state index in [1.165, 1.54) is 22.5 Å². The van der Waals surface area contributed by atoms with Crippen molar-refractivity contribution < 1.29 is 0 Å². The van der Waals surface area contributed by atoms with Crippen LogP contribution in [-0.2, 0) is 0 Å². The van der Waals surface area contributed by atoms with Gasteiger partial charge in [0.2, 0.25) is 0 Å². The van der Waals surface area contributed by atoms with Crippen LogP contribution < -0.4 is 9.80 Å². The minimum atomic E-state index is 0.673. The summed E-state index contributed by atoms with van der Waals surface area (Å²) in [4.78, 5) is 16.5. The summed E-state index contributed by atoms with van der Waals surface area (Å²) in [5.41, 5.74) is 18.0. The number of fused-ring (bicyclic) bond motifs is 8. The molecule has 0 aliphatic heterocycles. The number of anilines is 6. The van der Waals surface area contributed by atoms with E-state index in [0.717, 1.165) is 101 Å². The van der Waals surface area contributed by atoms with Crippen molar-refractivity contribution >= 4 is 112 Å². The molecule has 8 nitrogen and oxygen atoms in total. The molecule has 0 aliphatic rings. The van der Waals surface area contributed by atoms with E-state index in [4.69, 9.17) is 18.7 Å². The molecule has 0 bridgehead atoms. The Labute approximate surface area is 447 Å². The molecular formula is C68H44N8S. The molecular weight excluding hydrogens is 961 g/mol. The molecule has 0 saturated heterocycles. The molecule has 0 spiro atoms. The number of para-hydroxylation sites is 6. The van der Waals surface area contributed by atoms with Gasteiger partial charge in [-0.2, -0.15) is 8.75 Å². The zero-order valence-corrected chi connectivity index (χ0v) is 42.2. The van der Waals surface area contributed by atoms with Crippen LogP contribution in [0.5, 0.6) is 0 Å². The minimum Gasteiger partial charge on any atom is -0.309 e. The fourth-order valence-corrected chi connectivity index (χ4v) is 11.9. The van der Waals surface area contributed by atoms with Crippen molar-refractivity contribution in [3.63, 3.8) is 0 Å². The van der Waals surface area contributed by atoms with Crippen molar-refractivity contribution in [2.75, 3.05) is 9.80 Å². The maximum Gasteiger partial charge on any atom is 0.133 e. The van der Waals surface area contributed by atoms with E-state index in [1.54, 1.807) is 0 Å². The van der Waals surface area contributed by atoms with Crippen LogP contribution >= 0.6 is 11.7 Å². The number of benzene rings is 11. The molecule has 4 heterocycles. The quantitative estimate of drug-likeness (QED) is 0.127. The normalized spacial score (nSPS) is 11.6. The molecule has 77 heavy (non-hydrogen) atoms. The summed E-state index contributed by atoms with van der Waals surface area (Å²) < 4.78 is 15.4. The maximum absolute atomic E-state index is 5.95. The van der Waals surface area contributed by atoms with Crippen molar-refractivity contribution in [1.82, 2.24) is 27.8 Å². The zero-order chi connectivity index (χ0) is 50.8. The van der Waals surface area contributed by atoms with Gasteiger partial charge in [-0.3, -0.25) is 0 Å². The van der Waals surface area contributed by atoms with Crippen molar-refractivity contribution in [3.05, 3.63) is 267 Å². The Morgan fingerprint density at radius 3 is 1.03 bits per heavy atom. The zero-order valence-electron chi connectivity index (χ0n) is 41.4. The molecule has 0 fully saturated rings. The minimum absolute atomic E-state index is 0.673. The molecule has 0 atom stereocenters. The van der Waals surface area contributed by atoms with Crippen molar-refractivity contribution in [2.45, 2.75) is 0 Å². The predicted molar refractivity (Wildman–Crippen MR) is 319 cm³/mol. The summed E-state index contributed by atoms with van der Waals surface area (Å²) in [6.07, 6.45) is 0. The Bertz CT molecular complexity index is 4380. The summed E-state index contributed by atoms with van der Waals surface area (Å²) in [6, 6.07) is 94.0. The topological polar surface area (TPSA) is 67.9 Å². The third-order valence-corrected chi connectivity index (χ3v) is 15.2. The van der Waals surface area contributed by atoms with Gasteiger partial charge < -0.3 is 18.9 Å². The molecule has 15 rings (SSSR count). The van der Waals surface area contributed by atoms with Crippen molar-refractivity contribution in [2.24, 2.45) is 0 Å². The van der Waals surface area contributed by atoms with Gasteiger partial charge in [0, 0.05) is 66.8 Å². The average Bonchev–Trinajstić information content (AvgIpc) is 4.23. The van der Waals surface area contributed by atoms with Crippen LogP contribution in [0.2, 0.25) is 0 Å². The van der Waals surface area contributed by atoms with Crippen LogP contribution in [-0.4, -0.2) is 27.8 Å². The van der Waals surface area contributed by atoms with Gasteiger partial charge in [0.05, 0.1) is 45.2 Å². The van der Waals surface area contributed by atoms with Crippen LogP contribution in [0.1, 0.15) is 0 Å². The Kier molecular flexibility index (Phi) is 10.5. The van der Waals surface area contributed by atoms with Gasteiger partial charge in [-0.15, -0.1) is 0 Å². The van der Waals surface area contributed by atoms with E-state index in [-0.39, 0.29) is 0 Å². The Balaban J connectivity index is 1.08. The highest BCUT2D eigenvalue weighted by atomic mass is 32.1. The lowest BCUT2D eigenvalue weighted by Crippen LogP contribution is -2.16. The van der Waals surface area contributed by atoms with Gasteiger partial charge in [0.15, 0.2) is 0 Å². The third-order valence-electron chi connectivity index (χ3n) is 14.7. The van der Waals surface area contributed by atoms with E-state index in [9.17, 15) is 0 Å². The van der Waals surface area contributed by atoms with E-state index in [2.05, 4.69) is 274 Å². The summed E-state index contributed by atoms with van der Waals surface area (Å²) in [7, 11) is 0. The lowest BCUT2D eigenvalue weighted by atomic mass is 10.0. The Morgan fingerprint density at radius 1 is 0.286 bits per heavy atom. The first kappa shape index (κ1) is 44.3. The second-order valence-corrected chi connectivity index (χ2v) is 19.7. The highest BCUT2D eigenvalue weighted by Gasteiger charge is 2.32. The molecule has 0 unspecified atom stereocenters. The maximum atomic E-state index is 5.95. The second-order valence-electron chi connectivity index (χ2n) is 19.1. The number of aromatic nitrogens is 6. The Hall–Kier alpha value is -10.2. The first-order chi connectivity index (χ1) is 38.2. The largest absolute Gasteiger partial charge is 0.309 e. The lowest BCUT2D eigenvalue weighted by molar-refractivity contribution is 1.17. The molecule has 0 saturated carbocycles. The van der Waals surface area contributed by atoms with Gasteiger partial charge in [0.1, 0.15) is 33.4 Å². The van der Waals surface area contributed by atoms with Gasteiger partial charge in [-0.25, -0.2) is 9.97 Å². The summed E-state index contributed by atoms with van der Waals surface area (Å²) >= 11 is 1.20. The first-order valence-corrected chi connectivity index (χ1v) is 26.5. The monoisotopic (exact) mass is 1000 g/mol. The van der Waals surface area contributed by atoms with Crippen LogP contribution in [0, 0.1) is 0 Å². The lowest BCUT2D eigenvalue weighted by Gasteiger charge is -2.30. The average molecular weight is 1010 g/mol. The van der Waals surface area contributed by atoms with Gasteiger partial charge >= 0.3 is 0 Å². The van der Waals surface area contributed by atoms with Gasteiger partial charge in [-0.1, -0.05) is 182 Å². The molecule has 9 heteroatoms. The SMILES string of the molecule is c1ccc(-c2nc3c(N(c4ccccc4)c4ccc5c6ccccc6n(-c6ccccc6)c5c4)c4nsnc4c(N(c4ccccc4)c4ccc5c6ccccc6n(-c6ccccc6)c5c4)c3nc2-c2ccccc2)cc1. The van der Waals surface area contributed by atoms with E-state index in [1.807, 2.05) is 12.1 Å². The fraction of sp³-hybridized carbons (Fsp3) is 0. The van der Waals surface area contributed by atoms with Crippen LogP contribution in [0.25, 0.3) is 99.6 Å². The standard InChI is InChI=1S/C68H44N8S/c1-7-23-45(24-8-1)61-62(46-25-9-2-10-26-46)70-64-63(69-61)67(73(47-27-11-3-12-28-47)51-39-41-55-53-35-19-21-37-57(53)75(59(55)43-51)49-31-15-5-16-32-49)65-66(72-77-71-65)68(64)74(48-29-13-4-14-30-48)52-40-42-56-54-36-20-22-38-58(54)76(60(56)44-52)50-33-17-6-18-34-50/h1-44H. The van der Waals surface area contributed by atoms with Crippen LogP contribution in [0.15, 0.2) is 267 Å². The highest BCUT2D eigenvalue weighted by Crippen LogP contribution is 2.52. The number of nitrogens with zero attached hydrogens (tertiary/aromatic N) is 8. The molecule has 0 radical (unpaired) electrons. The smallest absolute Gasteiger partial charge is 0.133 e. The molecule has 0 amide bonds. The molecule has 15 aromatic rings. The number of hydrogen-bond acceptors (Lipinski definition) is 7. The number of rotatable bonds is 10. The predicted octanol–water partition coefficient (Wildman–Crippen LogP) is 18.1. The summed E-state index contributed by atoms with van der Waals surface area (Å²) in [6.45, 7) is 0. The number of hydrogen-bond donors (Lipinski definition) is 0. The summed E-state index contributed by atoms with van der Waals surface area (Å²) in [5, 5.41) is 4.67. The van der Waals surface area contributed by atoms with Crippen molar-refractivity contribution in [1.29, 1.82) is 0 Å². The van der Waals surface area contributed by atoms with Gasteiger partial charge in [0.25, 0.3) is 0 Å². The molecule has 362 valence electrons. The highest BCUT2D eigenvalue weighted by molar-refractivity contribution is 7.00. The summed E-state index contributed by atoms with van der Waals surface area (Å²) in [5.74, 6) is 0. The molecule has 4 aromatic heterocycles. The van der Waals surface area contributed by atoms with Crippen LogP contribution in [0.4, 0.5) is 34.1 Å². The fourth-order valence-electron chi connectivity index (χ4n) is 11.4. The second kappa shape index (κ2) is 18.3. The van der Waals surface area contributed by atoms with Crippen LogP contribution in [0.3, 0.4) is 0 Å². The molecule has 0 N–H and O–H groups in total. The van der Waals surface area contributed by atoms with E-state index in [0.29, 0.717) is 22.1 Å². The molecule has 0 aliphatic carbocycles.